The first-order valence-electron chi connectivity index (χ1n) is 11.2. The minimum atomic E-state index is -1.69. The van der Waals surface area contributed by atoms with E-state index in [2.05, 4.69) is 5.32 Å². The van der Waals surface area contributed by atoms with E-state index in [-0.39, 0.29) is 34.4 Å². The van der Waals surface area contributed by atoms with Crippen LogP contribution in [-0.4, -0.2) is 20.9 Å². The monoisotopic (exact) mass is 565 g/mol. The lowest BCUT2D eigenvalue weighted by Crippen LogP contribution is -2.30. The maximum Gasteiger partial charge on any atom is 0.271 e. The quantitative estimate of drug-likeness (QED) is 0.220. The Balaban J connectivity index is 1.56. The second-order valence-electron chi connectivity index (χ2n) is 8.34. The molecule has 4 aromatic carbocycles. The number of nitro benzene ring substituents is 1. The Morgan fingerprint density at radius 3 is 2.47 bits per heavy atom. The van der Waals surface area contributed by atoms with Gasteiger partial charge in [-0.2, -0.15) is 0 Å². The number of non-ortho nitro benzene ring substituents is 1. The highest BCUT2D eigenvalue weighted by Gasteiger charge is 2.31. The molecule has 0 aromatic heterocycles. The summed E-state index contributed by atoms with van der Waals surface area (Å²) in [5.41, 5.74) is 1.49. The Labute approximate surface area is 229 Å². The van der Waals surface area contributed by atoms with Crippen molar-refractivity contribution in [3.63, 3.8) is 0 Å². The van der Waals surface area contributed by atoms with Gasteiger partial charge >= 0.3 is 0 Å². The van der Waals surface area contributed by atoms with Crippen LogP contribution in [0.3, 0.4) is 0 Å². The maximum absolute atomic E-state index is 13.7. The lowest BCUT2D eigenvalue weighted by atomic mass is 10.1. The van der Waals surface area contributed by atoms with Crippen LogP contribution in [0.15, 0.2) is 94.7 Å². The summed E-state index contributed by atoms with van der Waals surface area (Å²) in [6.07, 6.45) is 0. The van der Waals surface area contributed by atoms with E-state index >= 15 is 0 Å². The Bertz CT molecular complexity index is 1660. The van der Waals surface area contributed by atoms with Crippen LogP contribution in [0.5, 0.6) is 0 Å². The van der Waals surface area contributed by atoms with Crippen molar-refractivity contribution in [1.29, 1.82) is 0 Å². The summed E-state index contributed by atoms with van der Waals surface area (Å²) in [6.45, 7) is 0.122. The molecule has 0 aliphatic carbocycles. The molecule has 1 heterocycles. The molecule has 1 aliphatic heterocycles. The number of nitrogens with zero attached hydrogens (tertiary/aromatic N) is 2. The molecule has 11 heteroatoms. The number of anilines is 2. The van der Waals surface area contributed by atoms with Crippen molar-refractivity contribution in [3.05, 3.63) is 122 Å². The van der Waals surface area contributed by atoms with Crippen molar-refractivity contribution in [2.45, 2.75) is 16.3 Å². The van der Waals surface area contributed by atoms with E-state index in [1.807, 2.05) is 6.07 Å². The topological polar surface area (TPSA) is 110 Å². The van der Waals surface area contributed by atoms with Crippen LogP contribution >= 0.6 is 23.2 Å². The van der Waals surface area contributed by atoms with E-state index in [1.54, 1.807) is 48.5 Å². The fourth-order valence-electron chi connectivity index (χ4n) is 4.09. The van der Waals surface area contributed by atoms with Crippen LogP contribution in [-0.2, 0) is 17.3 Å². The van der Waals surface area contributed by atoms with Crippen molar-refractivity contribution in [3.8, 4) is 0 Å². The zero-order chi connectivity index (χ0) is 27.0. The molecule has 8 nitrogen and oxygen atoms in total. The standard InChI is InChI=1S/C27H17Cl2N3O5S/c28-18-5-3-4-16(12-18)15-31-23-13-17(26(33)30-22-10-9-19(32(35)36)14-21(22)29)8-11-25(23)38(37)24-7-2-1-6-20(24)27(31)34/h1-14H,15H2,(H,30,33)/t38-/m0/s1. The molecule has 190 valence electrons. The molecule has 0 saturated heterocycles. The van der Waals surface area contributed by atoms with Gasteiger partial charge < -0.3 is 10.2 Å². The first kappa shape index (κ1) is 25.6. The first-order chi connectivity index (χ1) is 18.2. The number of nitro groups is 1. The predicted octanol–water partition coefficient (Wildman–Crippen LogP) is 6.48. The Morgan fingerprint density at radius 2 is 1.74 bits per heavy atom. The summed E-state index contributed by atoms with van der Waals surface area (Å²) >= 11 is 12.3. The highest BCUT2D eigenvalue weighted by Crippen LogP contribution is 2.36. The van der Waals surface area contributed by atoms with E-state index in [0.717, 1.165) is 11.6 Å². The third kappa shape index (κ3) is 4.91. The van der Waals surface area contributed by atoms with Crippen molar-refractivity contribution < 1.29 is 18.7 Å². The third-order valence-corrected chi connectivity index (χ3v) is 7.96. The highest BCUT2D eigenvalue weighted by atomic mass is 35.5. The number of nitrogens with one attached hydrogen (secondary N) is 1. The van der Waals surface area contributed by atoms with Gasteiger partial charge in [0.15, 0.2) is 0 Å². The van der Waals surface area contributed by atoms with Crippen LogP contribution in [0.4, 0.5) is 17.1 Å². The number of amides is 2. The lowest BCUT2D eigenvalue weighted by molar-refractivity contribution is -0.384. The van der Waals surface area contributed by atoms with Crippen LogP contribution in [0, 0.1) is 10.1 Å². The average Bonchev–Trinajstić information content (AvgIpc) is 2.99. The molecule has 0 fully saturated rings. The molecule has 38 heavy (non-hydrogen) atoms. The highest BCUT2D eigenvalue weighted by molar-refractivity contribution is 7.85. The minimum absolute atomic E-state index is 0.00313. The van der Waals surface area contributed by atoms with Gasteiger partial charge in [0.25, 0.3) is 17.5 Å². The van der Waals surface area contributed by atoms with E-state index in [9.17, 15) is 23.9 Å². The molecule has 1 atom stereocenters. The summed E-state index contributed by atoms with van der Waals surface area (Å²) in [5, 5.41) is 14.1. The summed E-state index contributed by atoms with van der Waals surface area (Å²) in [6, 6.07) is 22.0. The lowest BCUT2D eigenvalue weighted by Gasteiger charge is -2.24. The fraction of sp³-hybridized carbons (Fsp3) is 0.0370. The smallest absolute Gasteiger partial charge is 0.271 e. The average molecular weight is 566 g/mol. The Morgan fingerprint density at radius 1 is 0.947 bits per heavy atom. The largest absolute Gasteiger partial charge is 0.321 e. The van der Waals surface area contributed by atoms with E-state index in [4.69, 9.17) is 23.2 Å². The second kappa shape index (κ2) is 10.4. The Hall–Kier alpha value is -4.05. The number of halogens is 2. The van der Waals surface area contributed by atoms with Gasteiger partial charge in [-0.25, -0.2) is 4.21 Å². The summed E-state index contributed by atoms with van der Waals surface area (Å²) in [5.74, 6) is -0.935. The van der Waals surface area contributed by atoms with Gasteiger partial charge in [-0.15, -0.1) is 0 Å². The van der Waals surface area contributed by atoms with Gasteiger partial charge in [-0.3, -0.25) is 19.7 Å². The molecule has 0 bridgehead atoms. The zero-order valence-corrected chi connectivity index (χ0v) is 21.7. The number of fused-ring (bicyclic) bond motifs is 2. The number of rotatable bonds is 5. The Kier molecular flexibility index (Phi) is 6.98. The number of benzene rings is 4. The van der Waals surface area contributed by atoms with Gasteiger partial charge in [0.2, 0.25) is 0 Å². The van der Waals surface area contributed by atoms with Gasteiger partial charge in [0.05, 0.1) is 54.0 Å². The third-order valence-electron chi connectivity index (χ3n) is 5.92. The van der Waals surface area contributed by atoms with E-state index in [0.29, 0.717) is 26.1 Å². The molecular formula is C27H17Cl2N3O5S. The molecule has 5 rings (SSSR count). The fourth-order valence-corrected chi connectivity index (χ4v) is 5.87. The van der Waals surface area contributed by atoms with Gasteiger partial charge in [0.1, 0.15) is 0 Å². The summed E-state index contributed by atoms with van der Waals surface area (Å²) < 4.78 is 13.6. The van der Waals surface area contributed by atoms with Crippen molar-refractivity contribution >= 4 is 62.9 Å². The van der Waals surface area contributed by atoms with Crippen molar-refractivity contribution in [2.75, 3.05) is 10.2 Å². The molecular weight excluding hydrogens is 549 g/mol. The molecule has 4 aromatic rings. The first-order valence-corrected chi connectivity index (χ1v) is 13.1. The van der Waals surface area contributed by atoms with E-state index < -0.39 is 21.6 Å². The number of hydrogen-bond donors (Lipinski definition) is 1. The molecule has 0 unspecified atom stereocenters. The molecule has 0 radical (unpaired) electrons. The number of carbonyl (C=O) groups is 2. The number of hydrogen-bond acceptors (Lipinski definition) is 5. The zero-order valence-electron chi connectivity index (χ0n) is 19.4. The molecule has 2 amide bonds. The van der Waals surface area contributed by atoms with Gasteiger partial charge in [-0.1, -0.05) is 47.5 Å². The van der Waals surface area contributed by atoms with Crippen LogP contribution < -0.4 is 10.2 Å². The maximum atomic E-state index is 13.7. The van der Waals surface area contributed by atoms with Crippen LogP contribution in [0.2, 0.25) is 10.0 Å². The SMILES string of the molecule is O=C(Nc1ccc([N+](=O)[O-])cc1Cl)c1ccc2c(c1)N(Cc1cccc(Cl)c1)C(=O)c1ccccc1[S@@]2=O. The molecule has 0 spiro atoms. The van der Waals surface area contributed by atoms with Crippen molar-refractivity contribution in [2.24, 2.45) is 0 Å². The van der Waals surface area contributed by atoms with Gasteiger partial charge in [-0.05, 0) is 54.1 Å². The van der Waals surface area contributed by atoms with Crippen molar-refractivity contribution in [1.82, 2.24) is 0 Å². The van der Waals surface area contributed by atoms with Crippen LogP contribution in [0.1, 0.15) is 26.3 Å². The summed E-state index contributed by atoms with van der Waals surface area (Å²) in [4.78, 5) is 39.5. The van der Waals surface area contributed by atoms with Crippen LogP contribution in [0.25, 0.3) is 0 Å². The number of carbonyl (C=O) groups excluding carboxylic acids is 2. The second-order valence-corrected chi connectivity index (χ2v) is 10.6. The predicted molar refractivity (Wildman–Crippen MR) is 146 cm³/mol. The van der Waals surface area contributed by atoms with Gasteiger partial charge in [0, 0.05) is 22.7 Å². The normalized spacial score (nSPS) is 14.3. The minimum Gasteiger partial charge on any atom is -0.321 e. The molecule has 1 N–H and O–H groups in total. The molecule has 0 saturated carbocycles. The molecule has 1 aliphatic rings. The summed E-state index contributed by atoms with van der Waals surface area (Å²) in [7, 11) is -1.69. The van der Waals surface area contributed by atoms with E-state index in [1.165, 1.54) is 29.2 Å².